The third kappa shape index (κ3) is 1.17. The Kier molecular flexibility index (Phi) is 1.74. The molecule has 0 aromatic heterocycles. The Morgan fingerprint density at radius 2 is 2.50 bits per heavy atom. The van der Waals surface area contributed by atoms with Gasteiger partial charge in [-0.3, -0.25) is 4.99 Å². The van der Waals surface area contributed by atoms with E-state index in [-0.39, 0.29) is 0 Å². The SMILES string of the molecule is CC1(C(=O)O)CCCC=N1. The van der Waals surface area contributed by atoms with Crippen LogP contribution < -0.4 is 0 Å². The van der Waals surface area contributed by atoms with Gasteiger partial charge in [0.05, 0.1) is 0 Å². The van der Waals surface area contributed by atoms with Gasteiger partial charge >= 0.3 is 5.97 Å². The summed E-state index contributed by atoms with van der Waals surface area (Å²) in [7, 11) is 0. The molecule has 0 aromatic carbocycles. The predicted octanol–water partition coefficient (Wildman–Crippen LogP) is 1.08. The van der Waals surface area contributed by atoms with E-state index in [4.69, 9.17) is 5.11 Å². The summed E-state index contributed by atoms with van der Waals surface area (Å²) >= 11 is 0. The molecule has 0 aromatic rings. The van der Waals surface area contributed by atoms with E-state index in [0.717, 1.165) is 12.8 Å². The summed E-state index contributed by atoms with van der Waals surface area (Å²) in [6, 6.07) is 0. The van der Waals surface area contributed by atoms with Gasteiger partial charge < -0.3 is 5.11 Å². The molecule has 0 amide bonds. The van der Waals surface area contributed by atoms with E-state index in [1.807, 2.05) is 0 Å². The van der Waals surface area contributed by atoms with Crippen LogP contribution in [0.5, 0.6) is 0 Å². The van der Waals surface area contributed by atoms with Crippen molar-refractivity contribution in [2.45, 2.75) is 31.7 Å². The molecular formula is C7H11NO2. The van der Waals surface area contributed by atoms with Crippen LogP contribution in [0.3, 0.4) is 0 Å². The fourth-order valence-corrected chi connectivity index (χ4v) is 1.03. The minimum absolute atomic E-state index is 0.666. The van der Waals surface area contributed by atoms with E-state index in [2.05, 4.69) is 4.99 Å². The Hall–Kier alpha value is -0.860. The van der Waals surface area contributed by atoms with Crippen LogP contribution in [-0.2, 0) is 4.79 Å². The number of hydrogen-bond donors (Lipinski definition) is 1. The average molecular weight is 141 g/mol. The highest BCUT2D eigenvalue weighted by Gasteiger charge is 2.32. The number of carbonyl (C=O) groups is 1. The molecule has 1 aliphatic rings. The summed E-state index contributed by atoms with van der Waals surface area (Å²) in [4.78, 5) is 14.5. The lowest BCUT2D eigenvalue weighted by Crippen LogP contribution is -2.34. The maximum atomic E-state index is 10.6. The van der Waals surface area contributed by atoms with Gasteiger partial charge in [-0.25, -0.2) is 4.79 Å². The smallest absolute Gasteiger partial charge is 0.331 e. The Balaban J connectivity index is 2.75. The van der Waals surface area contributed by atoms with Gasteiger partial charge in [-0.15, -0.1) is 0 Å². The quantitative estimate of drug-likeness (QED) is 0.594. The molecule has 1 aliphatic heterocycles. The van der Waals surface area contributed by atoms with E-state index >= 15 is 0 Å². The number of aliphatic imine (C=N–C) groups is 1. The summed E-state index contributed by atoms with van der Waals surface area (Å²) in [5.74, 6) is -0.816. The minimum atomic E-state index is -0.835. The van der Waals surface area contributed by atoms with Gasteiger partial charge in [0.15, 0.2) is 5.54 Å². The fourth-order valence-electron chi connectivity index (χ4n) is 1.03. The van der Waals surface area contributed by atoms with Gasteiger partial charge in [-0.1, -0.05) is 0 Å². The summed E-state index contributed by atoms with van der Waals surface area (Å²) in [5.41, 5.74) is -0.835. The average Bonchev–Trinajstić information content (AvgIpc) is 1.89. The van der Waals surface area contributed by atoms with Crippen LogP contribution >= 0.6 is 0 Å². The third-order valence-electron chi connectivity index (χ3n) is 1.83. The summed E-state index contributed by atoms with van der Waals surface area (Å²) < 4.78 is 0. The Morgan fingerprint density at radius 1 is 1.80 bits per heavy atom. The third-order valence-corrected chi connectivity index (χ3v) is 1.83. The maximum Gasteiger partial charge on any atom is 0.331 e. The molecule has 0 bridgehead atoms. The molecule has 56 valence electrons. The van der Waals surface area contributed by atoms with Crippen molar-refractivity contribution in [3.05, 3.63) is 0 Å². The first-order valence-electron chi connectivity index (χ1n) is 3.42. The second-order valence-electron chi connectivity index (χ2n) is 2.78. The zero-order valence-electron chi connectivity index (χ0n) is 6.00. The molecule has 0 spiro atoms. The standard InChI is InChI=1S/C7H11NO2/c1-7(6(9)10)4-2-3-5-8-7/h5H,2-4H2,1H3,(H,9,10). The molecule has 1 atom stereocenters. The van der Waals surface area contributed by atoms with Crippen LogP contribution in [0, 0.1) is 0 Å². The summed E-state index contributed by atoms with van der Waals surface area (Å²) in [5, 5.41) is 8.68. The molecule has 0 aliphatic carbocycles. The fraction of sp³-hybridized carbons (Fsp3) is 0.714. The monoisotopic (exact) mass is 141 g/mol. The van der Waals surface area contributed by atoms with Crippen LogP contribution in [-0.4, -0.2) is 22.8 Å². The van der Waals surface area contributed by atoms with Crippen molar-refractivity contribution >= 4 is 12.2 Å². The number of aliphatic carboxylic acids is 1. The van der Waals surface area contributed by atoms with Crippen LogP contribution in [0.2, 0.25) is 0 Å². The normalized spacial score (nSPS) is 32.1. The second kappa shape index (κ2) is 2.40. The van der Waals surface area contributed by atoms with Crippen LogP contribution in [0.4, 0.5) is 0 Å². The number of rotatable bonds is 1. The van der Waals surface area contributed by atoms with Crippen molar-refractivity contribution in [3.8, 4) is 0 Å². The molecule has 1 rings (SSSR count). The molecule has 1 unspecified atom stereocenters. The number of nitrogens with zero attached hydrogens (tertiary/aromatic N) is 1. The van der Waals surface area contributed by atoms with E-state index < -0.39 is 11.5 Å². The lowest BCUT2D eigenvalue weighted by Gasteiger charge is -2.22. The van der Waals surface area contributed by atoms with E-state index in [1.165, 1.54) is 0 Å². The van der Waals surface area contributed by atoms with Gasteiger partial charge in [0.1, 0.15) is 0 Å². The second-order valence-corrected chi connectivity index (χ2v) is 2.78. The van der Waals surface area contributed by atoms with Crippen molar-refractivity contribution in [2.24, 2.45) is 4.99 Å². The lowest BCUT2D eigenvalue weighted by molar-refractivity contribution is -0.142. The van der Waals surface area contributed by atoms with Gasteiger partial charge in [-0.05, 0) is 26.2 Å². The highest BCUT2D eigenvalue weighted by Crippen LogP contribution is 2.21. The summed E-state index contributed by atoms with van der Waals surface area (Å²) in [6.07, 6.45) is 4.23. The van der Waals surface area contributed by atoms with E-state index in [0.29, 0.717) is 6.42 Å². The Bertz CT molecular complexity index is 176. The minimum Gasteiger partial charge on any atom is -0.479 e. The van der Waals surface area contributed by atoms with Gasteiger partial charge in [0.25, 0.3) is 0 Å². The molecule has 1 N–H and O–H groups in total. The van der Waals surface area contributed by atoms with Crippen LogP contribution in [0.25, 0.3) is 0 Å². The largest absolute Gasteiger partial charge is 0.479 e. The molecule has 0 fully saturated rings. The number of carboxylic acids is 1. The van der Waals surface area contributed by atoms with Gasteiger partial charge in [-0.2, -0.15) is 0 Å². The predicted molar refractivity (Wildman–Crippen MR) is 38.4 cm³/mol. The highest BCUT2D eigenvalue weighted by atomic mass is 16.4. The first-order chi connectivity index (χ1) is 4.65. The van der Waals surface area contributed by atoms with Crippen molar-refractivity contribution in [3.63, 3.8) is 0 Å². The van der Waals surface area contributed by atoms with E-state index in [9.17, 15) is 4.79 Å². The molecule has 10 heavy (non-hydrogen) atoms. The Labute approximate surface area is 59.8 Å². The number of hydrogen-bond acceptors (Lipinski definition) is 2. The number of carboxylic acid groups (broad SMARTS) is 1. The first-order valence-corrected chi connectivity index (χ1v) is 3.42. The Morgan fingerprint density at radius 3 is 2.80 bits per heavy atom. The van der Waals surface area contributed by atoms with E-state index in [1.54, 1.807) is 13.1 Å². The topological polar surface area (TPSA) is 49.7 Å². The molecule has 0 saturated carbocycles. The van der Waals surface area contributed by atoms with Crippen LogP contribution in [0.15, 0.2) is 4.99 Å². The molecule has 0 radical (unpaired) electrons. The molecule has 3 nitrogen and oxygen atoms in total. The van der Waals surface area contributed by atoms with Crippen molar-refractivity contribution in [1.29, 1.82) is 0 Å². The van der Waals surface area contributed by atoms with Crippen molar-refractivity contribution in [1.82, 2.24) is 0 Å². The zero-order valence-corrected chi connectivity index (χ0v) is 6.00. The maximum absolute atomic E-state index is 10.6. The molecule has 3 heteroatoms. The molecular weight excluding hydrogens is 130 g/mol. The highest BCUT2D eigenvalue weighted by molar-refractivity contribution is 5.81. The summed E-state index contributed by atoms with van der Waals surface area (Å²) in [6.45, 7) is 1.66. The van der Waals surface area contributed by atoms with Gasteiger partial charge in [0.2, 0.25) is 0 Å². The molecule has 0 saturated heterocycles. The van der Waals surface area contributed by atoms with Crippen LogP contribution in [0.1, 0.15) is 26.2 Å². The van der Waals surface area contributed by atoms with Crippen molar-refractivity contribution in [2.75, 3.05) is 0 Å². The first kappa shape index (κ1) is 7.25. The van der Waals surface area contributed by atoms with Crippen molar-refractivity contribution < 1.29 is 9.90 Å². The lowest BCUT2D eigenvalue weighted by atomic mass is 9.93. The van der Waals surface area contributed by atoms with Gasteiger partial charge in [0, 0.05) is 6.21 Å². The zero-order chi connectivity index (χ0) is 7.61. The molecule has 1 heterocycles.